The first-order valence-electron chi connectivity index (χ1n) is 6.81. The summed E-state index contributed by atoms with van der Waals surface area (Å²) in [5, 5.41) is 4.74. The van der Waals surface area contributed by atoms with Crippen molar-refractivity contribution in [2.45, 2.75) is 66.5 Å². The summed E-state index contributed by atoms with van der Waals surface area (Å²) in [5.41, 5.74) is 0.285. The van der Waals surface area contributed by atoms with Gasteiger partial charge in [0.25, 0.3) is 0 Å². The average Bonchev–Trinajstić information content (AvgIpc) is 2.27. The lowest BCUT2D eigenvalue weighted by atomic mass is 9.85. The highest BCUT2D eigenvalue weighted by Crippen LogP contribution is 2.30. The van der Waals surface area contributed by atoms with Crippen molar-refractivity contribution < 1.29 is 0 Å². The number of thioether (sulfide) groups is 1. The van der Waals surface area contributed by atoms with Gasteiger partial charge in [0, 0.05) is 11.8 Å². The largest absolute Gasteiger partial charge is 0.362 e. The molecule has 0 bridgehead atoms. The predicted molar refractivity (Wildman–Crippen MR) is 79.8 cm³/mol. The zero-order chi connectivity index (χ0) is 13.1. The molecule has 100 valence electrons. The van der Waals surface area contributed by atoms with Gasteiger partial charge < -0.3 is 5.32 Å². The van der Waals surface area contributed by atoms with Crippen molar-refractivity contribution in [2.75, 3.05) is 5.75 Å². The van der Waals surface area contributed by atoms with E-state index in [4.69, 9.17) is 4.99 Å². The zero-order valence-electron chi connectivity index (χ0n) is 12.2. The zero-order valence-corrected chi connectivity index (χ0v) is 13.0. The standard InChI is InChI=1S/C14H28N2S/c1-7-10(2)11(3)15-13-16-12(8-9-17-13)14(4,5)6/h10-12H,7-9H2,1-6H3,(H,15,16). The van der Waals surface area contributed by atoms with Crippen molar-refractivity contribution in [1.82, 2.24) is 5.32 Å². The number of amidine groups is 1. The van der Waals surface area contributed by atoms with E-state index in [1.165, 1.54) is 18.6 Å². The SMILES string of the molecule is CCC(C)C(C)NC1=NC(C(C)(C)C)CCS1. The topological polar surface area (TPSA) is 24.4 Å². The van der Waals surface area contributed by atoms with Gasteiger partial charge in [0.2, 0.25) is 0 Å². The van der Waals surface area contributed by atoms with Crippen LogP contribution in [-0.4, -0.2) is 23.0 Å². The van der Waals surface area contributed by atoms with Gasteiger partial charge in [-0.15, -0.1) is 0 Å². The Kier molecular flexibility index (Phi) is 5.36. The third kappa shape index (κ3) is 4.53. The van der Waals surface area contributed by atoms with Gasteiger partial charge in [-0.3, -0.25) is 4.99 Å². The maximum atomic E-state index is 4.88. The van der Waals surface area contributed by atoms with Crippen LogP contribution in [0.15, 0.2) is 4.99 Å². The molecule has 0 saturated carbocycles. The van der Waals surface area contributed by atoms with Crippen LogP contribution >= 0.6 is 11.8 Å². The fourth-order valence-corrected chi connectivity index (χ4v) is 2.91. The van der Waals surface area contributed by atoms with Gasteiger partial charge in [-0.25, -0.2) is 0 Å². The minimum absolute atomic E-state index is 0.285. The summed E-state index contributed by atoms with van der Waals surface area (Å²) in [5.74, 6) is 1.90. The lowest BCUT2D eigenvalue weighted by molar-refractivity contribution is 0.314. The molecule has 1 aliphatic rings. The van der Waals surface area contributed by atoms with E-state index in [0.717, 1.165) is 5.17 Å². The van der Waals surface area contributed by atoms with Gasteiger partial charge in [-0.2, -0.15) is 0 Å². The van der Waals surface area contributed by atoms with Gasteiger partial charge in [0.1, 0.15) is 0 Å². The summed E-state index contributed by atoms with van der Waals surface area (Å²) in [6.45, 7) is 13.7. The first-order valence-corrected chi connectivity index (χ1v) is 7.80. The molecule has 3 atom stereocenters. The Morgan fingerprint density at radius 3 is 2.59 bits per heavy atom. The first kappa shape index (κ1) is 14.9. The summed E-state index contributed by atoms with van der Waals surface area (Å²) in [6.07, 6.45) is 2.42. The molecule has 0 aromatic heterocycles. The van der Waals surface area contributed by atoms with Crippen LogP contribution in [0.2, 0.25) is 0 Å². The summed E-state index contributed by atoms with van der Waals surface area (Å²) in [6, 6.07) is 0.986. The second kappa shape index (κ2) is 6.12. The van der Waals surface area contributed by atoms with Crippen molar-refractivity contribution in [3.63, 3.8) is 0 Å². The molecule has 0 fully saturated rings. The summed E-state index contributed by atoms with van der Waals surface area (Å²) in [4.78, 5) is 4.88. The van der Waals surface area contributed by atoms with Gasteiger partial charge in [-0.1, -0.05) is 52.8 Å². The molecule has 1 rings (SSSR count). The Bertz CT molecular complexity index is 268. The third-order valence-electron chi connectivity index (χ3n) is 3.75. The number of nitrogens with one attached hydrogen (secondary N) is 1. The van der Waals surface area contributed by atoms with Crippen LogP contribution in [0.4, 0.5) is 0 Å². The Hall–Kier alpha value is -0.180. The molecule has 0 aliphatic carbocycles. The molecule has 0 spiro atoms. The van der Waals surface area contributed by atoms with Crippen LogP contribution < -0.4 is 5.32 Å². The van der Waals surface area contributed by atoms with Gasteiger partial charge in [0.05, 0.1) is 6.04 Å². The first-order chi connectivity index (χ1) is 7.84. The van der Waals surface area contributed by atoms with Crippen LogP contribution in [-0.2, 0) is 0 Å². The highest BCUT2D eigenvalue weighted by molar-refractivity contribution is 8.13. The molecular weight excluding hydrogens is 228 g/mol. The number of aliphatic imine (C=N–C) groups is 1. The molecule has 0 aromatic rings. The molecule has 2 nitrogen and oxygen atoms in total. The molecule has 0 radical (unpaired) electrons. The van der Waals surface area contributed by atoms with Crippen molar-refractivity contribution in [3.8, 4) is 0 Å². The smallest absolute Gasteiger partial charge is 0.157 e. The van der Waals surface area contributed by atoms with Gasteiger partial charge >= 0.3 is 0 Å². The van der Waals surface area contributed by atoms with Crippen molar-refractivity contribution in [1.29, 1.82) is 0 Å². The van der Waals surface area contributed by atoms with E-state index < -0.39 is 0 Å². The Labute approximate surface area is 111 Å². The highest BCUT2D eigenvalue weighted by atomic mass is 32.2. The summed E-state index contributed by atoms with van der Waals surface area (Å²) in [7, 11) is 0. The third-order valence-corrected chi connectivity index (χ3v) is 4.69. The summed E-state index contributed by atoms with van der Waals surface area (Å²) >= 11 is 1.88. The van der Waals surface area contributed by atoms with E-state index in [1.54, 1.807) is 0 Å². The second-order valence-corrected chi connectivity index (χ2v) is 7.36. The van der Waals surface area contributed by atoms with E-state index >= 15 is 0 Å². The van der Waals surface area contributed by atoms with Crippen LogP contribution in [0.1, 0.15) is 54.4 Å². The monoisotopic (exact) mass is 256 g/mol. The van der Waals surface area contributed by atoms with E-state index in [1.807, 2.05) is 11.8 Å². The lowest BCUT2D eigenvalue weighted by Gasteiger charge is -2.32. The fourth-order valence-electron chi connectivity index (χ4n) is 1.91. The van der Waals surface area contributed by atoms with Crippen molar-refractivity contribution >= 4 is 16.9 Å². The molecule has 1 N–H and O–H groups in total. The minimum atomic E-state index is 0.285. The van der Waals surface area contributed by atoms with Crippen LogP contribution in [0.25, 0.3) is 0 Å². The van der Waals surface area contributed by atoms with E-state index in [-0.39, 0.29) is 5.41 Å². The number of nitrogens with zero attached hydrogens (tertiary/aromatic N) is 1. The molecule has 17 heavy (non-hydrogen) atoms. The minimum Gasteiger partial charge on any atom is -0.362 e. The molecule has 0 amide bonds. The fraction of sp³-hybridized carbons (Fsp3) is 0.929. The Balaban J connectivity index is 2.62. The molecule has 3 unspecified atom stereocenters. The molecule has 0 saturated heterocycles. The number of rotatable bonds is 3. The van der Waals surface area contributed by atoms with Crippen LogP contribution in [0.5, 0.6) is 0 Å². The maximum absolute atomic E-state index is 4.88. The molecular formula is C14H28N2S. The summed E-state index contributed by atoms with van der Waals surface area (Å²) < 4.78 is 0. The lowest BCUT2D eigenvalue weighted by Crippen LogP contribution is -2.39. The Morgan fingerprint density at radius 1 is 1.41 bits per heavy atom. The Morgan fingerprint density at radius 2 is 2.06 bits per heavy atom. The number of hydrogen-bond acceptors (Lipinski definition) is 3. The molecule has 1 aliphatic heterocycles. The van der Waals surface area contributed by atoms with E-state index in [0.29, 0.717) is 18.0 Å². The average molecular weight is 256 g/mol. The predicted octanol–water partition coefficient (Wildman–Crippen LogP) is 3.92. The van der Waals surface area contributed by atoms with E-state index in [9.17, 15) is 0 Å². The van der Waals surface area contributed by atoms with Gasteiger partial charge in [0.15, 0.2) is 5.17 Å². The van der Waals surface area contributed by atoms with Crippen molar-refractivity contribution in [3.05, 3.63) is 0 Å². The second-order valence-electron chi connectivity index (χ2n) is 6.27. The van der Waals surface area contributed by atoms with E-state index in [2.05, 4.69) is 46.9 Å². The van der Waals surface area contributed by atoms with Crippen LogP contribution in [0, 0.1) is 11.3 Å². The normalized spacial score (nSPS) is 25.1. The molecule has 3 heteroatoms. The molecule has 0 aromatic carbocycles. The quantitative estimate of drug-likeness (QED) is 0.827. The van der Waals surface area contributed by atoms with Crippen LogP contribution in [0.3, 0.4) is 0 Å². The molecule has 1 heterocycles. The number of hydrogen-bond donors (Lipinski definition) is 1. The van der Waals surface area contributed by atoms with Crippen molar-refractivity contribution in [2.24, 2.45) is 16.3 Å². The maximum Gasteiger partial charge on any atom is 0.157 e. The van der Waals surface area contributed by atoms with Gasteiger partial charge in [-0.05, 0) is 24.7 Å². The highest BCUT2D eigenvalue weighted by Gasteiger charge is 2.27.